The Kier molecular flexibility index (Phi) is 3.51. The Morgan fingerprint density at radius 2 is 2.10 bits per heavy atom. The van der Waals surface area contributed by atoms with Crippen LogP contribution in [0, 0.1) is 5.92 Å². The Bertz CT molecular complexity index is 490. The van der Waals surface area contributed by atoms with Gasteiger partial charge >= 0.3 is 0 Å². The fourth-order valence-electron chi connectivity index (χ4n) is 4.34. The lowest BCUT2D eigenvalue weighted by Gasteiger charge is -2.54. The van der Waals surface area contributed by atoms with Crippen LogP contribution >= 0.6 is 0 Å². The molecule has 3 N–H and O–H groups in total. The Balaban J connectivity index is 2.13. The Morgan fingerprint density at radius 3 is 2.85 bits per heavy atom. The molecule has 0 saturated heterocycles. The molecule has 1 saturated carbocycles. The summed E-state index contributed by atoms with van der Waals surface area (Å²) in [5.41, 5.74) is 6.25. The number of ether oxygens (including phenoxy) is 1. The number of hydrogen-bond acceptors (Lipinski definition) is 3. The van der Waals surface area contributed by atoms with E-state index in [0.29, 0.717) is 13.2 Å². The highest BCUT2D eigenvalue weighted by Gasteiger charge is 2.55. The highest BCUT2D eigenvalue weighted by atomic mass is 16.5. The minimum absolute atomic E-state index is 0.283. The van der Waals surface area contributed by atoms with Gasteiger partial charge in [0, 0.05) is 17.5 Å². The Hall–Kier alpha value is -1.06. The van der Waals surface area contributed by atoms with E-state index in [9.17, 15) is 5.11 Å². The van der Waals surface area contributed by atoms with Crippen molar-refractivity contribution in [3.63, 3.8) is 0 Å². The Morgan fingerprint density at radius 1 is 1.30 bits per heavy atom. The van der Waals surface area contributed by atoms with E-state index in [1.807, 2.05) is 18.2 Å². The standard InChI is InChI=1S/C17H25NO2/c1-13-6-4-5-9-17(13,19)16(12-18)10-11-20-15-8-3-2-7-14(15)16/h2-3,7-8,13,19H,4-6,9-12,18H2,1H3. The van der Waals surface area contributed by atoms with Gasteiger partial charge < -0.3 is 15.6 Å². The zero-order valence-corrected chi connectivity index (χ0v) is 12.3. The number of fused-ring (bicyclic) bond motifs is 1. The van der Waals surface area contributed by atoms with Crippen LogP contribution in [0.5, 0.6) is 5.75 Å². The van der Waals surface area contributed by atoms with E-state index in [-0.39, 0.29) is 11.3 Å². The van der Waals surface area contributed by atoms with E-state index in [1.54, 1.807) is 0 Å². The SMILES string of the molecule is CC1CCCCC1(O)C1(CN)CCOc2ccccc21. The fraction of sp³-hybridized carbons (Fsp3) is 0.647. The molecule has 0 aromatic heterocycles. The first-order chi connectivity index (χ1) is 9.64. The second-order valence-corrected chi connectivity index (χ2v) is 6.45. The molecule has 1 aromatic rings. The molecule has 0 amide bonds. The van der Waals surface area contributed by atoms with Crippen LogP contribution in [0.15, 0.2) is 24.3 Å². The van der Waals surface area contributed by atoms with Crippen molar-refractivity contribution in [2.24, 2.45) is 11.7 Å². The quantitative estimate of drug-likeness (QED) is 0.872. The molecule has 3 unspecified atom stereocenters. The second kappa shape index (κ2) is 5.05. The molecule has 0 bridgehead atoms. The average molecular weight is 275 g/mol. The van der Waals surface area contributed by atoms with Crippen molar-refractivity contribution in [3.05, 3.63) is 29.8 Å². The summed E-state index contributed by atoms with van der Waals surface area (Å²) in [5.74, 6) is 1.18. The molecule has 3 atom stereocenters. The molecule has 0 radical (unpaired) electrons. The van der Waals surface area contributed by atoms with Gasteiger partial charge in [0.1, 0.15) is 5.75 Å². The molecule has 20 heavy (non-hydrogen) atoms. The third kappa shape index (κ3) is 1.80. The molecule has 1 aromatic carbocycles. The van der Waals surface area contributed by atoms with Gasteiger partial charge in [-0.25, -0.2) is 0 Å². The molecule has 1 heterocycles. The van der Waals surface area contributed by atoms with E-state index in [2.05, 4.69) is 13.0 Å². The predicted octanol–water partition coefficient (Wildman–Crippen LogP) is 2.61. The maximum Gasteiger partial charge on any atom is 0.123 e. The summed E-state index contributed by atoms with van der Waals surface area (Å²) in [6, 6.07) is 8.09. The fourth-order valence-corrected chi connectivity index (χ4v) is 4.34. The van der Waals surface area contributed by atoms with Crippen molar-refractivity contribution in [2.45, 2.75) is 50.0 Å². The van der Waals surface area contributed by atoms with Crippen LogP contribution in [0.2, 0.25) is 0 Å². The third-order valence-electron chi connectivity index (χ3n) is 5.63. The van der Waals surface area contributed by atoms with Gasteiger partial charge in [-0.1, -0.05) is 38.0 Å². The van der Waals surface area contributed by atoms with E-state index in [1.165, 1.54) is 6.42 Å². The zero-order valence-electron chi connectivity index (χ0n) is 12.3. The van der Waals surface area contributed by atoms with Crippen molar-refractivity contribution in [2.75, 3.05) is 13.2 Å². The van der Waals surface area contributed by atoms with Gasteiger partial charge in [-0.3, -0.25) is 0 Å². The lowest BCUT2D eigenvalue weighted by molar-refractivity contribution is -0.114. The minimum Gasteiger partial charge on any atom is -0.493 e. The van der Waals surface area contributed by atoms with Gasteiger partial charge in [0.25, 0.3) is 0 Å². The van der Waals surface area contributed by atoms with Gasteiger partial charge in [-0.15, -0.1) is 0 Å². The van der Waals surface area contributed by atoms with E-state index < -0.39 is 5.60 Å². The van der Waals surface area contributed by atoms with Gasteiger partial charge in [0.2, 0.25) is 0 Å². The summed E-state index contributed by atoms with van der Waals surface area (Å²) >= 11 is 0. The first-order valence-electron chi connectivity index (χ1n) is 7.79. The number of rotatable bonds is 2. The lowest BCUT2D eigenvalue weighted by atomic mass is 9.56. The predicted molar refractivity (Wildman–Crippen MR) is 79.9 cm³/mol. The lowest BCUT2D eigenvalue weighted by Crippen LogP contribution is -2.62. The van der Waals surface area contributed by atoms with Crippen LogP contribution in [0.3, 0.4) is 0 Å². The second-order valence-electron chi connectivity index (χ2n) is 6.45. The van der Waals surface area contributed by atoms with Gasteiger partial charge in [0.05, 0.1) is 12.2 Å². The molecule has 110 valence electrons. The first kappa shape index (κ1) is 13.9. The summed E-state index contributed by atoms with van der Waals surface area (Å²) in [4.78, 5) is 0. The molecule has 2 aliphatic rings. The molecule has 3 nitrogen and oxygen atoms in total. The van der Waals surface area contributed by atoms with Crippen LogP contribution in [-0.2, 0) is 5.41 Å². The summed E-state index contributed by atoms with van der Waals surface area (Å²) in [6.07, 6.45) is 5.04. The van der Waals surface area contributed by atoms with E-state index in [0.717, 1.165) is 37.0 Å². The molecule has 3 heteroatoms. The topological polar surface area (TPSA) is 55.5 Å². The highest BCUT2D eigenvalue weighted by Crippen LogP contribution is 2.52. The number of benzene rings is 1. The number of aliphatic hydroxyl groups is 1. The van der Waals surface area contributed by atoms with Crippen LogP contribution in [0.25, 0.3) is 0 Å². The average Bonchev–Trinajstić information content (AvgIpc) is 2.49. The minimum atomic E-state index is -0.708. The molecular formula is C17H25NO2. The molecule has 1 fully saturated rings. The third-order valence-corrected chi connectivity index (χ3v) is 5.63. The van der Waals surface area contributed by atoms with Crippen molar-refractivity contribution in [3.8, 4) is 5.75 Å². The number of nitrogens with two attached hydrogens (primary N) is 1. The molecule has 3 rings (SSSR count). The normalized spacial score (nSPS) is 37.0. The molecular weight excluding hydrogens is 250 g/mol. The highest BCUT2D eigenvalue weighted by molar-refractivity contribution is 5.44. The van der Waals surface area contributed by atoms with Crippen molar-refractivity contribution >= 4 is 0 Å². The molecule has 0 spiro atoms. The Labute approximate surface area is 121 Å². The van der Waals surface area contributed by atoms with E-state index in [4.69, 9.17) is 10.5 Å². The number of hydrogen-bond donors (Lipinski definition) is 2. The number of para-hydroxylation sites is 1. The van der Waals surface area contributed by atoms with Crippen LogP contribution in [0.1, 0.15) is 44.6 Å². The smallest absolute Gasteiger partial charge is 0.123 e. The van der Waals surface area contributed by atoms with Crippen molar-refractivity contribution in [1.82, 2.24) is 0 Å². The van der Waals surface area contributed by atoms with Crippen molar-refractivity contribution in [1.29, 1.82) is 0 Å². The maximum absolute atomic E-state index is 11.5. The first-order valence-corrected chi connectivity index (χ1v) is 7.79. The van der Waals surface area contributed by atoms with Crippen LogP contribution in [0.4, 0.5) is 0 Å². The van der Waals surface area contributed by atoms with Crippen molar-refractivity contribution < 1.29 is 9.84 Å². The van der Waals surface area contributed by atoms with Crippen LogP contribution < -0.4 is 10.5 Å². The monoisotopic (exact) mass is 275 g/mol. The van der Waals surface area contributed by atoms with Crippen LogP contribution in [-0.4, -0.2) is 23.9 Å². The summed E-state index contributed by atoms with van der Waals surface area (Å²) in [6.45, 7) is 3.30. The van der Waals surface area contributed by atoms with Gasteiger partial charge in [0.15, 0.2) is 0 Å². The maximum atomic E-state index is 11.5. The van der Waals surface area contributed by atoms with Gasteiger partial charge in [-0.2, -0.15) is 0 Å². The van der Waals surface area contributed by atoms with E-state index >= 15 is 0 Å². The summed E-state index contributed by atoms with van der Waals surface area (Å²) in [5, 5.41) is 11.5. The summed E-state index contributed by atoms with van der Waals surface area (Å²) in [7, 11) is 0. The molecule has 1 aliphatic heterocycles. The summed E-state index contributed by atoms with van der Waals surface area (Å²) < 4.78 is 5.78. The largest absolute Gasteiger partial charge is 0.493 e. The molecule has 1 aliphatic carbocycles. The zero-order chi connectivity index (χ0) is 14.2. The van der Waals surface area contributed by atoms with Gasteiger partial charge in [-0.05, 0) is 31.2 Å².